The Balaban J connectivity index is 1.80. The Morgan fingerprint density at radius 1 is 1.45 bits per heavy atom. The molecular weight excluding hydrogens is 254 g/mol. The molecule has 1 aliphatic heterocycles. The molecule has 6 nitrogen and oxygen atoms in total. The quantitative estimate of drug-likeness (QED) is 0.923. The van der Waals surface area contributed by atoms with Gasteiger partial charge in [0.05, 0.1) is 24.0 Å². The van der Waals surface area contributed by atoms with Crippen molar-refractivity contribution in [2.45, 2.75) is 25.8 Å². The smallest absolute Gasteiger partial charge is 0.223 e. The summed E-state index contributed by atoms with van der Waals surface area (Å²) in [5.41, 5.74) is 2.90. The van der Waals surface area contributed by atoms with Gasteiger partial charge in [-0.1, -0.05) is 0 Å². The molecule has 0 radical (unpaired) electrons. The van der Waals surface area contributed by atoms with E-state index in [9.17, 15) is 0 Å². The zero-order valence-electron chi connectivity index (χ0n) is 11.8. The molecule has 0 aromatic carbocycles. The average Bonchev–Trinajstić information content (AvgIpc) is 2.79. The van der Waals surface area contributed by atoms with E-state index in [2.05, 4.69) is 20.4 Å². The third-order valence-electron chi connectivity index (χ3n) is 3.44. The van der Waals surface area contributed by atoms with Crippen molar-refractivity contribution in [3.8, 4) is 11.3 Å². The number of aromatic nitrogens is 4. The summed E-state index contributed by atoms with van der Waals surface area (Å²) in [6.45, 7) is 3.56. The Kier molecular flexibility index (Phi) is 3.64. The van der Waals surface area contributed by atoms with E-state index in [1.54, 1.807) is 10.9 Å². The second kappa shape index (κ2) is 5.58. The molecule has 0 bridgehead atoms. The van der Waals surface area contributed by atoms with Crippen LogP contribution in [0.25, 0.3) is 11.3 Å². The third kappa shape index (κ3) is 2.80. The number of rotatable bonds is 3. The van der Waals surface area contributed by atoms with Crippen molar-refractivity contribution in [1.29, 1.82) is 0 Å². The molecule has 106 valence electrons. The number of aryl methyl sites for hydroxylation is 2. The molecule has 3 heterocycles. The van der Waals surface area contributed by atoms with Crippen LogP contribution in [0.1, 0.15) is 18.5 Å². The van der Waals surface area contributed by atoms with Gasteiger partial charge in [-0.25, -0.2) is 9.97 Å². The number of nitrogens with one attached hydrogen (secondary N) is 1. The lowest BCUT2D eigenvalue weighted by molar-refractivity contribution is 0.0874. The molecule has 1 fully saturated rings. The van der Waals surface area contributed by atoms with E-state index in [0.717, 1.165) is 43.0 Å². The summed E-state index contributed by atoms with van der Waals surface area (Å²) in [4.78, 5) is 8.87. The van der Waals surface area contributed by atoms with Crippen molar-refractivity contribution < 1.29 is 4.74 Å². The van der Waals surface area contributed by atoms with Crippen LogP contribution >= 0.6 is 0 Å². The lowest BCUT2D eigenvalue weighted by atomic mass is 10.1. The highest BCUT2D eigenvalue weighted by molar-refractivity contribution is 5.61. The molecule has 0 saturated carbocycles. The van der Waals surface area contributed by atoms with E-state index in [-0.39, 0.29) is 0 Å². The zero-order chi connectivity index (χ0) is 13.9. The number of hydrogen-bond acceptors (Lipinski definition) is 5. The fourth-order valence-corrected chi connectivity index (χ4v) is 2.47. The Morgan fingerprint density at radius 3 is 3.05 bits per heavy atom. The van der Waals surface area contributed by atoms with Gasteiger partial charge in [-0.05, 0) is 25.8 Å². The summed E-state index contributed by atoms with van der Waals surface area (Å²) in [5.74, 6) is 0.654. The Morgan fingerprint density at radius 2 is 2.35 bits per heavy atom. The zero-order valence-corrected chi connectivity index (χ0v) is 11.8. The second-order valence-electron chi connectivity index (χ2n) is 5.13. The first-order valence-electron chi connectivity index (χ1n) is 6.90. The molecule has 2 aromatic heterocycles. The number of ether oxygens (including phenoxy) is 1. The molecule has 6 heteroatoms. The van der Waals surface area contributed by atoms with Crippen LogP contribution in [0.5, 0.6) is 0 Å². The average molecular weight is 273 g/mol. The highest BCUT2D eigenvalue weighted by Crippen LogP contribution is 2.21. The topological polar surface area (TPSA) is 64.9 Å². The highest BCUT2D eigenvalue weighted by atomic mass is 16.5. The predicted octanol–water partition coefficient (Wildman–Crippen LogP) is 1.78. The largest absolute Gasteiger partial charge is 0.379 e. The Bertz CT molecular complexity index is 589. The normalized spacial score (nSPS) is 19.0. The highest BCUT2D eigenvalue weighted by Gasteiger charge is 2.15. The molecule has 1 saturated heterocycles. The first-order chi connectivity index (χ1) is 9.72. The van der Waals surface area contributed by atoms with Gasteiger partial charge in [0.2, 0.25) is 5.95 Å². The van der Waals surface area contributed by atoms with Gasteiger partial charge in [-0.15, -0.1) is 0 Å². The predicted molar refractivity (Wildman–Crippen MR) is 76.4 cm³/mol. The lowest BCUT2D eigenvalue weighted by Crippen LogP contribution is -2.30. The van der Waals surface area contributed by atoms with Gasteiger partial charge < -0.3 is 10.1 Å². The fourth-order valence-electron chi connectivity index (χ4n) is 2.47. The van der Waals surface area contributed by atoms with E-state index < -0.39 is 0 Å². The van der Waals surface area contributed by atoms with E-state index in [0.29, 0.717) is 12.0 Å². The van der Waals surface area contributed by atoms with Gasteiger partial charge in [0.15, 0.2) is 0 Å². The molecule has 1 N–H and O–H groups in total. The minimum absolute atomic E-state index is 0.300. The first-order valence-corrected chi connectivity index (χ1v) is 6.90. The molecule has 1 atom stereocenters. The Labute approximate surface area is 118 Å². The molecule has 0 aliphatic carbocycles. The monoisotopic (exact) mass is 273 g/mol. The van der Waals surface area contributed by atoms with E-state index in [1.807, 2.05) is 26.2 Å². The first kappa shape index (κ1) is 13.1. The summed E-state index contributed by atoms with van der Waals surface area (Å²) in [7, 11) is 1.91. The van der Waals surface area contributed by atoms with E-state index in [4.69, 9.17) is 4.74 Å². The van der Waals surface area contributed by atoms with Crippen LogP contribution in [-0.2, 0) is 11.8 Å². The number of nitrogens with zero attached hydrogens (tertiary/aromatic N) is 4. The second-order valence-corrected chi connectivity index (χ2v) is 5.13. The van der Waals surface area contributed by atoms with Gasteiger partial charge in [0, 0.05) is 31.6 Å². The summed E-state index contributed by atoms with van der Waals surface area (Å²) < 4.78 is 7.26. The summed E-state index contributed by atoms with van der Waals surface area (Å²) in [6.07, 6.45) is 5.94. The standard InChI is InChI=1S/C14H19N5O/c1-10-12(8-19(2)18-10)13-5-6-15-14(17-13)16-11-4-3-7-20-9-11/h5-6,8,11H,3-4,7,9H2,1-2H3,(H,15,16,17)/t11-/m0/s1. The molecule has 0 amide bonds. The van der Waals surface area contributed by atoms with Crippen molar-refractivity contribution in [1.82, 2.24) is 19.7 Å². The van der Waals surface area contributed by atoms with Crippen molar-refractivity contribution >= 4 is 5.95 Å². The fraction of sp³-hybridized carbons (Fsp3) is 0.500. The van der Waals surface area contributed by atoms with Crippen LogP contribution in [0.2, 0.25) is 0 Å². The summed E-state index contributed by atoms with van der Waals surface area (Å²) in [5, 5.41) is 7.69. The summed E-state index contributed by atoms with van der Waals surface area (Å²) >= 11 is 0. The van der Waals surface area contributed by atoms with Gasteiger partial charge in [-0.3, -0.25) is 4.68 Å². The molecule has 0 unspecified atom stereocenters. The third-order valence-corrected chi connectivity index (χ3v) is 3.44. The van der Waals surface area contributed by atoms with E-state index >= 15 is 0 Å². The van der Waals surface area contributed by atoms with Gasteiger partial charge in [-0.2, -0.15) is 5.10 Å². The molecule has 2 aromatic rings. The number of hydrogen-bond donors (Lipinski definition) is 1. The van der Waals surface area contributed by atoms with Crippen LogP contribution in [0.4, 0.5) is 5.95 Å². The molecular formula is C14H19N5O. The summed E-state index contributed by atoms with van der Waals surface area (Å²) in [6, 6.07) is 2.21. The van der Waals surface area contributed by atoms with Crippen molar-refractivity contribution in [2.24, 2.45) is 7.05 Å². The maximum Gasteiger partial charge on any atom is 0.223 e. The van der Waals surface area contributed by atoms with Crippen LogP contribution in [0.3, 0.4) is 0 Å². The Hall–Kier alpha value is -1.95. The van der Waals surface area contributed by atoms with Crippen molar-refractivity contribution in [3.05, 3.63) is 24.2 Å². The molecule has 1 aliphatic rings. The minimum atomic E-state index is 0.300. The number of anilines is 1. The van der Waals surface area contributed by atoms with Crippen LogP contribution in [-0.4, -0.2) is 39.0 Å². The lowest BCUT2D eigenvalue weighted by Gasteiger charge is -2.23. The van der Waals surface area contributed by atoms with Gasteiger partial charge in [0.1, 0.15) is 0 Å². The minimum Gasteiger partial charge on any atom is -0.379 e. The van der Waals surface area contributed by atoms with Crippen LogP contribution in [0.15, 0.2) is 18.5 Å². The molecule has 3 rings (SSSR count). The maximum atomic E-state index is 5.46. The van der Waals surface area contributed by atoms with Gasteiger partial charge >= 0.3 is 0 Å². The van der Waals surface area contributed by atoms with Gasteiger partial charge in [0.25, 0.3) is 0 Å². The molecule has 0 spiro atoms. The van der Waals surface area contributed by atoms with Crippen molar-refractivity contribution in [3.63, 3.8) is 0 Å². The molecule has 20 heavy (non-hydrogen) atoms. The SMILES string of the molecule is Cc1nn(C)cc1-c1ccnc(N[C@H]2CCCOC2)n1. The van der Waals surface area contributed by atoms with Crippen LogP contribution in [0, 0.1) is 6.92 Å². The van der Waals surface area contributed by atoms with Crippen molar-refractivity contribution in [2.75, 3.05) is 18.5 Å². The van der Waals surface area contributed by atoms with E-state index in [1.165, 1.54) is 0 Å². The van der Waals surface area contributed by atoms with Crippen LogP contribution < -0.4 is 5.32 Å². The maximum absolute atomic E-state index is 5.46.